The maximum atomic E-state index is 10.7. The summed E-state index contributed by atoms with van der Waals surface area (Å²) in [5.41, 5.74) is 0.527. The summed E-state index contributed by atoms with van der Waals surface area (Å²) in [5, 5.41) is 8.78. The van der Waals surface area contributed by atoms with E-state index in [1.54, 1.807) is 6.92 Å². The number of hydrogen-bond donors (Lipinski definition) is 1. The molecule has 0 spiro atoms. The number of nitrogens with zero attached hydrogens (tertiary/aromatic N) is 1. The maximum absolute atomic E-state index is 10.7. The molecule has 1 N–H and O–H groups in total. The van der Waals surface area contributed by atoms with Crippen LogP contribution in [0.4, 0.5) is 0 Å². The molecule has 0 radical (unpaired) electrons. The van der Waals surface area contributed by atoms with Crippen LogP contribution >= 0.6 is 0 Å². The number of carboxylic acids is 1. The number of carboxylic acid groups (broad SMARTS) is 1. The minimum Gasteiger partial charge on any atom is -0.478 e. The third kappa shape index (κ3) is 3.67. The summed E-state index contributed by atoms with van der Waals surface area (Å²) in [5.74, 6) is -0.824. The highest BCUT2D eigenvalue weighted by molar-refractivity contribution is 5.85. The van der Waals surface area contributed by atoms with Gasteiger partial charge < -0.3 is 10.0 Å². The van der Waals surface area contributed by atoms with Gasteiger partial charge >= 0.3 is 5.97 Å². The van der Waals surface area contributed by atoms with Crippen LogP contribution in [-0.4, -0.2) is 35.6 Å². The number of carbonyl (C=O) groups is 1. The van der Waals surface area contributed by atoms with Crippen LogP contribution in [-0.2, 0) is 4.79 Å². The van der Waals surface area contributed by atoms with Crippen molar-refractivity contribution < 1.29 is 9.90 Å². The summed E-state index contributed by atoms with van der Waals surface area (Å²) in [7, 11) is 4.11. The molecule has 3 heteroatoms. The van der Waals surface area contributed by atoms with Crippen molar-refractivity contribution in [2.45, 2.75) is 45.6 Å². The SMILES string of the molecule is CCC(CC)(CC=C(C)C(=O)O)N(C)C. The molecule has 0 fully saturated rings. The van der Waals surface area contributed by atoms with Crippen molar-refractivity contribution in [3.05, 3.63) is 11.6 Å². The van der Waals surface area contributed by atoms with E-state index in [4.69, 9.17) is 5.11 Å². The quantitative estimate of drug-likeness (QED) is 0.689. The standard InChI is InChI=1S/C12H23NO2/c1-6-12(7-2,13(4)5)9-8-10(3)11(14)15/h8H,6-7,9H2,1-5H3,(H,14,15). The Labute approximate surface area is 92.8 Å². The highest BCUT2D eigenvalue weighted by atomic mass is 16.4. The summed E-state index contributed by atoms with van der Waals surface area (Å²) in [6, 6.07) is 0. The van der Waals surface area contributed by atoms with Crippen LogP contribution < -0.4 is 0 Å². The molecule has 0 rings (SSSR count). The highest BCUT2D eigenvalue weighted by Gasteiger charge is 2.27. The molecule has 0 saturated carbocycles. The van der Waals surface area contributed by atoms with Gasteiger partial charge in [-0.25, -0.2) is 4.79 Å². The number of aliphatic carboxylic acids is 1. The van der Waals surface area contributed by atoms with Gasteiger partial charge in [-0.15, -0.1) is 0 Å². The summed E-state index contributed by atoms with van der Waals surface area (Å²) in [6.07, 6.45) is 4.68. The van der Waals surface area contributed by atoms with Crippen LogP contribution in [0, 0.1) is 0 Å². The van der Waals surface area contributed by atoms with Gasteiger partial charge in [-0.1, -0.05) is 19.9 Å². The summed E-state index contributed by atoms with van der Waals surface area (Å²) >= 11 is 0. The average molecular weight is 213 g/mol. The molecule has 0 amide bonds. The molecule has 0 aliphatic heterocycles. The van der Waals surface area contributed by atoms with Gasteiger partial charge in [0.15, 0.2) is 0 Å². The van der Waals surface area contributed by atoms with E-state index in [9.17, 15) is 4.79 Å². The molecule has 0 saturated heterocycles. The van der Waals surface area contributed by atoms with Crippen molar-refractivity contribution in [3.63, 3.8) is 0 Å². The van der Waals surface area contributed by atoms with E-state index in [0.717, 1.165) is 19.3 Å². The van der Waals surface area contributed by atoms with E-state index in [-0.39, 0.29) is 5.54 Å². The second kappa shape index (κ2) is 5.91. The molecule has 0 aliphatic rings. The van der Waals surface area contributed by atoms with E-state index >= 15 is 0 Å². The zero-order chi connectivity index (χ0) is 12.1. The topological polar surface area (TPSA) is 40.5 Å². The molecule has 15 heavy (non-hydrogen) atoms. The summed E-state index contributed by atoms with van der Waals surface area (Å²) < 4.78 is 0. The molecule has 88 valence electrons. The fourth-order valence-electron chi connectivity index (χ4n) is 1.78. The van der Waals surface area contributed by atoms with Crippen molar-refractivity contribution in [1.82, 2.24) is 4.90 Å². The first-order chi connectivity index (χ1) is 6.89. The molecule has 0 aromatic heterocycles. The van der Waals surface area contributed by atoms with Crippen LogP contribution in [0.1, 0.15) is 40.0 Å². The molecule has 0 aromatic rings. The molecule has 3 nitrogen and oxygen atoms in total. The van der Waals surface area contributed by atoms with Crippen molar-refractivity contribution in [1.29, 1.82) is 0 Å². The third-order valence-corrected chi connectivity index (χ3v) is 3.39. The van der Waals surface area contributed by atoms with Crippen LogP contribution in [0.3, 0.4) is 0 Å². The van der Waals surface area contributed by atoms with Gasteiger partial charge in [0.2, 0.25) is 0 Å². The van der Waals surface area contributed by atoms with Crippen LogP contribution in [0.25, 0.3) is 0 Å². The fourth-order valence-corrected chi connectivity index (χ4v) is 1.78. The zero-order valence-electron chi connectivity index (χ0n) is 10.5. The largest absolute Gasteiger partial charge is 0.478 e. The summed E-state index contributed by atoms with van der Waals surface area (Å²) in [6.45, 7) is 5.94. The predicted molar refractivity (Wildman–Crippen MR) is 63.0 cm³/mol. The first kappa shape index (κ1) is 14.2. The van der Waals surface area contributed by atoms with Gasteiger partial charge in [0, 0.05) is 11.1 Å². The molecule has 0 bridgehead atoms. The van der Waals surface area contributed by atoms with E-state index in [1.165, 1.54) is 0 Å². The Hall–Kier alpha value is -0.830. The Kier molecular flexibility index (Phi) is 5.58. The first-order valence-electron chi connectivity index (χ1n) is 5.47. The smallest absolute Gasteiger partial charge is 0.330 e. The minimum atomic E-state index is -0.824. The number of rotatable bonds is 6. The van der Waals surface area contributed by atoms with E-state index in [2.05, 4.69) is 32.8 Å². The Morgan fingerprint density at radius 2 is 1.80 bits per heavy atom. The normalized spacial score (nSPS) is 13.3. The molecular weight excluding hydrogens is 190 g/mol. The van der Waals surface area contributed by atoms with Crippen LogP contribution in [0.5, 0.6) is 0 Å². The van der Waals surface area contributed by atoms with E-state index < -0.39 is 5.97 Å². The molecule has 0 unspecified atom stereocenters. The van der Waals surface area contributed by atoms with Gasteiger partial charge in [0.1, 0.15) is 0 Å². The van der Waals surface area contributed by atoms with Gasteiger partial charge in [-0.3, -0.25) is 0 Å². The lowest BCUT2D eigenvalue weighted by atomic mass is 9.87. The lowest BCUT2D eigenvalue weighted by Gasteiger charge is -2.38. The van der Waals surface area contributed by atoms with Crippen molar-refractivity contribution >= 4 is 5.97 Å². The molecule has 0 atom stereocenters. The first-order valence-corrected chi connectivity index (χ1v) is 5.47. The Bertz CT molecular complexity index is 240. The molecule has 0 aromatic carbocycles. The molecule has 0 heterocycles. The second-order valence-corrected chi connectivity index (χ2v) is 4.22. The fraction of sp³-hybridized carbons (Fsp3) is 0.750. The van der Waals surface area contributed by atoms with Crippen LogP contribution in [0.15, 0.2) is 11.6 Å². The van der Waals surface area contributed by atoms with Crippen molar-refractivity contribution in [3.8, 4) is 0 Å². The number of hydrogen-bond acceptors (Lipinski definition) is 2. The Morgan fingerprint density at radius 3 is 2.07 bits per heavy atom. The highest BCUT2D eigenvalue weighted by Crippen LogP contribution is 2.26. The maximum Gasteiger partial charge on any atom is 0.330 e. The zero-order valence-corrected chi connectivity index (χ0v) is 10.5. The molecular formula is C12H23NO2. The van der Waals surface area contributed by atoms with Gasteiger partial charge in [0.25, 0.3) is 0 Å². The predicted octanol–water partition coefficient (Wildman–Crippen LogP) is 2.53. The lowest BCUT2D eigenvalue weighted by Crippen LogP contribution is -2.42. The third-order valence-electron chi connectivity index (χ3n) is 3.39. The summed E-state index contributed by atoms with van der Waals surface area (Å²) in [4.78, 5) is 12.9. The Morgan fingerprint density at radius 1 is 1.33 bits per heavy atom. The van der Waals surface area contributed by atoms with Gasteiger partial charge in [0.05, 0.1) is 0 Å². The van der Waals surface area contributed by atoms with Crippen molar-refractivity contribution in [2.75, 3.05) is 14.1 Å². The van der Waals surface area contributed by atoms with Crippen LogP contribution in [0.2, 0.25) is 0 Å². The van der Waals surface area contributed by atoms with E-state index in [1.807, 2.05) is 6.08 Å². The average Bonchev–Trinajstić information content (AvgIpc) is 2.19. The monoisotopic (exact) mass is 213 g/mol. The van der Waals surface area contributed by atoms with Crippen molar-refractivity contribution in [2.24, 2.45) is 0 Å². The van der Waals surface area contributed by atoms with E-state index in [0.29, 0.717) is 5.57 Å². The van der Waals surface area contributed by atoms with Gasteiger partial charge in [-0.05, 0) is 40.3 Å². The minimum absolute atomic E-state index is 0.0940. The molecule has 0 aliphatic carbocycles. The second-order valence-electron chi connectivity index (χ2n) is 4.22. The van der Waals surface area contributed by atoms with Gasteiger partial charge in [-0.2, -0.15) is 0 Å². The Balaban J connectivity index is 4.70. The lowest BCUT2D eigenvalue weighted by molar-refractivity contribution is -0.132.